The van der Waals surface area contributed by atoms with Crippen LogP contribution in [0.5, 0.6) is 11.5 Å². The standard InChI is InChI=1S/C30H38F3N5O3/c1-40-24-4-3-19(14-25(24)41-2)22-15-26(30(31,32)33)38-27(34-22)16-23(35-38)29(39)37-7-5-36(6-8-37)28-20-10-17-9-18(12-20)13-21(28)11-17/h3-4,14,16-18,20-22,26,28,34H,5-13,15H2,1-2H3/t17?,18?,20?,21?,22-,26-,28?/m0/s1. The van der Waals surface area contributed by atoms with Crippen LogP contribution in [0.4, 0.5) is 19.0 Å². The number of benzene rings is 1. The largest absolute Gasteiger partial charge is 0.493 e. The van der Waals surface area contributed by atoms with E-state index in [0.717, 1.165) is 41.4 Å². The van der Waals surface area contributed by atoms with E-state index in [4.69, 9.17) is 9.47 Å². The number of amides is 1. The quantitative estimate of drug-likeness (QED) is 0.534. The lowest BCUT2D eigenvalue weighted by Crippen LogP contribution is -2.60. The van der Waals surface area contributed by atoms with Crippen molar-refractivity contribution in [2.45, 2.75) is 62.8 Å². The third kappa shape index (κ3) is 4.73. The van der Waals surface area contributed by atoms with E-state index in [2.05, 4.69) is 15.3 Å². The number of alkyl halides is 3. The van der Waals surface area contributed by atoms with Crippen LogP contribution in [-0.2, 0) is 0 Å². The average Bonchev–Trinajstić information content (AvgIpc) is 3.39. The molecule has 3 heterocycles. The zero-order chi connectivity index (χ0) is 28.5. The fourth-order valence-electron chi connectivity index (χ4n) is 8.84. The van der Waals surface area contributed by atoms with E-state index in [1.165, 1.54) is 52.4 Å². The van der Waals surface area contributed by atoms with Gasteiger partial charge in [0, 0.05) is 44.7 Å². The van der Waals surface area contributed by atoms with Gasteiger partial charge in [-0.25, -0.2) is 4.68 Å². The molecule has 1 aromatic carbocycles. The minimum absolute atomic E-state index is 0.0535. The van der Waals surface area contributed by atoms with Gasteiger partial charge in [0.2, 0.25) is 0 Å². The maximum Gasteiger partial charge on any atom is 0.410 e. The first kappa shape index (κ1) is 26.9. The fourth-order valence-corrected chi connectivity index (χ4v) is 8.84. The Labute approximate surface area is 238 Å². The van der Waals surface area contributed by atoms with Gasteiger partial charge in [0.05, 0.1) is 20.3 Å². The molecule has 5 fully saturated rings. The highest BCUT2D eigenvalue weighted by Gasteiger charge is 2.51. The molecule has 222 valence electrons. The van der Waals surface area contributed by atoms with Crippen LogP contribution < -0.4 is 14.8 Å². The molecular weight excluding hydrogens is 535 g/mol. The predicted molar refractivity (Wildman–Crippen MR) is 146 cm³/mol. The molecule has 8 rings (SSSR count). The number of ether oxygens (including phenoxy) is 2. The van der Waals surface area contributed by atoms with E-state index in [0.29, 0.717) is 36.2 Å². The number of hydrogen-bond donors (Lipinski definition) is 1. The number of anilines is 1. The number of nitrogens with zero attached hydrogens (tertiary/aromatic N) is 4. The third-order valence-electron chi connectivity index (χ3n) is 10.4. The van der Waals surface area contributed by atoms with Crippen LogP contribution in [0.2, 0.25) is 0 Å². The third-order valence-corrected chi connectivity index (χ3v) is 10.4. The fraction of sp³-hybridized carbons (Fsp3) is 0.667. The van der Waals surface area contributed by atoms with E-state index in [-0.39, 0.29) is 23.8 Å². The maximum atomic E-state index is 14.2. The van der Waals surface area contributed by atoms with Gasteiger partial charge in [-0.05, 0) is 73.5 Å². The van der Waals surface area contributed by atoms with Crippen molar-refractivity contribution in [1.29, 1.82) is 0 Å². The minimum atomic E-state index is -4.53. The Morgan fingerprint density at radius 2 is 1.56 bits per heavy atom. The highest BCUT2D eigenvalue weighted by molar-refractivity contribution is 5.93. The smallest absolute Gasteiger partial charge is 0.410 e. The summed E-state index contributed by atoms with van der Waals surface area (Å²) in [6.45, 7) is 2.79. The van der Waals surface area contributed by atoms with Crippen LogP contribution in [0.3, 0.4) is 0 Å². The SMILES string of the molecule is COc1ccc([C@@H]2C[C@@H](C(F)(F)F)n3nc(C(=O)N4CCN(C5C6CC7CC(C6)CC5C7)CC4)cc3N2)cc1OC. The molecule has 0 spiro atoms. The summed E-state index contributed by atoms with van der Waals surface area (Å²) in [5, 5.41) is 7.40. The normalized spacial score (nSPS) is 32.9. The molecule has 8 nitrogen and oxygen atoms in total. The number of piperazine rings is 1. The molecule has 0 unspecified atom stereocenters. The summed E-state index contributed by atoms with van der Waals surface area (Å²) < 4.78 is 54.3. The number of carbonyl (C=O) groups excluding carboxylic acids is 1. The number of carbonyl (C=O) groups is 1. The van der Waals surface area contributed by atoms with Gasteiger partial charge in [-0.3, -0.25) is 9.69 Å². The molecule has 4 saturated carbocycles. The summed E-state index contributed by atoms with van der Waals surface area (Å²) in [6.07, 6.45) is 2.07. The molecule has 4 bridgehead atoms. The summed E-state index contributed by atoms with van der Waals surface area (Å²) in [5.74, 6) is 4.25. The lowest BCUT2D eigenvalue weighted by atomic mass is 9.54. The molecule has 0 radical (unpaired) electrons. The Morgan fingerprint density at radius 1 is 0.902 bits per heavy atom. The number of nitrogens with one attached hydrogen (secondary N) is 1. The minimum Gasteiger partial charge on any atom is -0.493 e. The highest BCUT2D eigenvalue weighted by atomic mass is 19.4. The molecule has 1 amide bonds. The second-order valence-electron chi connectivity index (χ2n) is 12.7. The van der Waals surface area contributed by atoms with Crippen molar-refractivity contribution in [2.75, 3.05) is 45.7 Å². The van der Waals surface area contributed by atoms with Gasteiger partial charge in [-0.1, -0.05) is 6.07 Å². The van der Waals surface area contributed by atoms with Crippen molar-refractivity contribution in [2.24, 2.45) is 23.7 Å². The first-order valence-electron chi connectivity index (χ1n) is 14.9. The maximum absolute atomic E-state index is 14.2. The second kappa shape index (κ2) is 10.1. The first-order chi connectivity index (χ1) is 19.7. The molecule has 1 aromatic heterocycles. The molecule has 2 aliphatic heterocycles. The summed E-state index contributed by atoms with van der Waals surface area (Å²) in [5.41, 5.74) is 0.691. The summed E-state index contributed by atoms with van der Waals surface area (Å²) in [6, 6.07) is 4.70. The summed E-state index contributed by atoms with van der Waals surface area (Å²) in [7, 11) is 3.00. The monoisotopic (exact) mass is 573 g/mol. The average molecular weight is 574 g/mol. The zero-order valence-corrected chi connectivity index (χ0v) is 23.6. The molecule has 2 atom stereocenters. The lowest BCUT2D eigenvalue weighted by molar-refractivity contribution is -0.173. The highest BCUT2D eigenvalue weighted by Crippen LogP contribution is 2.55. The van der Waals surface area contributed by atoms with E-state index < -0.39 is 18.3 Å². The Bertz CT molecular complexity index is 1280. The van der Waals surface area contributed by atoms with Crippen molar-refractivity contribution in [3.8, 4) is 11.5 Å². The predicted octanol–water partition coefficient (Wildman–Crippen LogP) is 5.14. The van der Waals surface area contributed by atoms with Gasteiger partial charge >= 0.3 is 6.18 Å². The Hall–Kier alpha value is -2.95. The molecule has 41 heavy (non-hydrogen) atoms. The van der Waals surface area contributed by atoms with E-state index in [1.54, 1.807) is 23.1 Å². The van der Waals surface area contributed by atoms with E-state index in [9.17, 15) is 18.0 Å². The van der Waals surface area contributed by atoms with E-state index >= 15 is 0 Å². The molecule has 1 N–H and O–H groups in total. The van der Waals surface area contributed by atoms with Crippen molar-refractivity contribution in [3.63, 3.8) is 0 Å². The summed E-state index contributed by atoms with van der Waals surface area (Å²) >= 11 is 0. The number of halogens is 3. The van der Waals surface area contributed by atoms with Gasteiger partial charge in [-0.2, -0.15) is 18.3 Å². The van der Waals surface area contributed by atoms with Crippen LogP contribution >= 0.6 is 0 Å². The lowest BCUT2D eigenvalue weighted by Gasteiger charge is -2.58. The molecular formula is C30H38F3N5O3. The van der Waals surface area contributed by atoms with Gasteiger partial charge in [0.25, 0.3) is 5.91 Å². The van der Waals surface area contributed by atoms with Crippen LogP contribution in [0, 0.1) is 23.7 Å². The molecule has 2 aromatic rings. The van der Waals surface area contributed by atoms with Crippen LogP contribution in [0.25, 0.3) is 0 Å². The van der Waals surface area contributed by atoms with Crippen molar-refractivity contribution >= 4 is 11.7 Å². The Balaban J connectivity index is 1.07. The Kier molecular flexibility index (Phi) is 6.63. The molecule has 4 aliphatic carbocycles. The van der Waals surface area contributed by atoms with Crippen molar-refractivity contribution in [1.82, 2.24) is 19.6 Å². The molecule has 11 heteroatoms. The Morgan fingerprint density at radius 3 is 2.17 bits per heavy atom. The second-order valence-corrected chi connectivity index (χ2v) is 12.7. The van der Waals surface area contributed by atoms with Crippen LogP contribution in [-0.4, -0.2) is 78.1 Å². The number of hydrogen-bond acceptors (Lipinski definition) is 6. The number of rotatable bonds is 5. The van der Waals surface area contributed by atoms with E-state index in [1.807, 2.05) is 0 Å². The molecule has 6 aliphatic rings. The zero-order valence-electron chi connectivity index (χ0n) is 23.6. The topological polar surface area (TPSA) is 71.9 Å². The molecule has 1 saturated heterocycles. The van der Waals surface area contributed by atoms with Gasteiger partial charge < -0.3 is 19.7 Å². The summed E-state index contributed by atoms with van der Waals surface area (Å²) in [4.78, 5) is 17.9. The van der Waals surface area contributed by atoms with Gasteiger partial charge in [0.15, 0.2) is 23.2 Å². The van der Waals surface area contributed by atoms with Crippen LogP contribution in [0.1, 0.15) is 66.7 Å². The van der Waals surface area contributed by atoms with Crippen molar-refractivity contribution in [3.05, 3.63) is 35.5 Å². The number of aromatic nitrogens is 2. The van der Waals surface area contributed by atoms with Crippen molar-refractivity contribution < 1.29 is 27.4 Å². The number of fused-ring (bicyclic) bond motifs is 1. The first-order valence-corrected chi connectivity index (χ1v) is 14.9. The van der Waals surface area contributed by atoms with Crippen LogP contribution in [0.15, 0.2) is 24.3 Å². The number of methoxy groups -OCH3 is 2. The van der Waals surface area contributed by atoms with Gasteiger partial charge in [0.1, 0.15) is 5.82 Å². The van der Waals surface area contributed by atoms with Gasteiger partial charge in [-0.15, -0.1) is 0 Å².